The third-order valence-corrected chi connectivity index (χ3v) is 3.34. The van der Waals surface area contributed by atoms with E-state index in [4.69, 9.17) is 4.74 Å². The highest BCUT2D eigenvalue weighted by Gasteiger charge is 2.28. The van der Waals surface area contributed by atoms with Crippen molar-refractivity contribution in [1.29, 1.82) is 0 Å². The Kier molecular flexibility index (Phi) is 5.22. The number of hydrogen-bond acceptors (Lipinski definition) is 3. The van der Waals surface area contributed by atoms with Gasteiger partial charge < -0.3 is 15.0 Å². The lowest BCUT2D eigenvalue weighted by Gasteiger charge is -2.37. The number of rotatable bonds is 5. The molecule has 4 nitrogen and oxygen atoms in total. The van der Waals surface area contributed by atoms with Crippen LogP contribution in [0.25, 0.3) is 0 Å². The predicted molar refractivity (Wildman–Crippen MR) is 64.3 cm³/mol. The fraction of sp³-hybridized carbons (Fsp3) is 0.917. The average Bonchev–Trinajstić information content (AvgIpc) is 2.28. The van der Waals surface area contributed by atoms with Crippen molar-refractivity contribution in [1.82, 2.24) is 10.2 Å². The molecule has 0 spiro atoms. The molecule has 0 unspecified atom stereocenters. The molecular weight excluding hydrogens is 204 g/mol. The number of carbonyl (C=O) groups is 1. The first-order chi connectivity index (χ1) is 7.56. The van der Waals surface area contributed by atoms with Gasteiger partial charge in [0.1, 0.15) is 6.61 Å². The van der Waals surface area contributed by atoms with Crippen molar-refractivity contribution in [2.75, 3.05) is 39.9 Å². The Labute approximate surface area is 98.3 Å². The molecule has 1 heterocycles. The summed E-state index contributed by atoms with van der Waals surface area (Å²) in [5.74, 6) is 0.00185. The highest BCUT2D eigenvalue weighted by molar-refractivity contribution is 5.77. The van der Waals surface area contributed by atoms with Crippen LogP contribution in [-0.4, -0.2) is 50.7 Å². The lowest BCUT2D eigenvalue weighted by Crippen LogP contribution is -2.44. The summed E-state index contributed by atoms with van der Waals surface area (Å²) in [6.45, 7) is 7.94. The van der Waals surface area contributed by atoms with E-state index in [1.807, 2.05) is 6.92 Å². The molecule has 0 aliphatic carbocycles. The van der Waals surface area contributed by atoms with Crippen molar-refractivity contribution in [3.05, 3.63) is 0 Å². The first-order valence-electron chi connectivity index (χ1n) is 6.09. The number of carbonyl (C=O) groups excluding carboxylic acids is 1. The van der Waals surface area contributed by atoms with Gasteiger partial charge in [0.2, 0.25) is 5.91 Å². The summed E-state index contributed by atoms with van der Waals surface area (Å²) < 4.78 is 5.06. The van der Waals surface area contributed by atoms with E-state index in [9.17, 15) is 4.79 Å². The van der Waals surface area contributed by atoms with Crippen LogP contribution in [0.2, 0.25) is 0 Å². The fourth-order valence-electron chi connectivity index (χ4n) is 1.89. The third kappa shape index (κ3) is 4.49. The molecule has 4 heteroatoms. The van der Waals surface area contributed by atoms with Gasteiger partial charge in [-0.25, -0.2) is 0 Å². The van der Waals surface area contributed by atoms with E-state index in [1.54, 1.807) is 0 Å². The van der Waals surface area contributed by atoms with Gasteiger partial charge in [0.05, 0.1) is 0 Å². The zero-order chi connectivity index (χ0) is 12.0. The maximum Gasteiger partial charge on any atom is 0.246 e. The number of ether oxygens (including phenoxy) is 1. The number of hydrogen-bond donors (Lipinski definition) is 1. The molecule has 94 valence electrons. The molecule has 0 atom stereocenters. The molecule has 1 amide bonds. The van der Waals surface area contributed by atoms with Gasteiger partial charge in [-0.1, -0.05) is 6.92 Å². The van der Waals surface area contributed by atoms with Crippen molar-refractivity contribution >= 4 is 5.91 Å². The van der Waals surface area contributed by atoms with E-state index in [0.29, 0.717) is 6.61 Å². The summed E-state index contributed by atoms with van der Waals surface area (Å²) in [4.78, 5) is 13.7. The van der Waals surface area contributed by atoms with E-state index in [0.717, 1.165) is 32.5 Å². The first-order valence-corrected chi connectivity index (χ1v) is 6.09. The topological polar surface area (TPSA) is 41.6 Å². The monoisotopic (exact) mass is 228 g/mol. The van der Waals surface area contributed by atoms with Gasteiger partial charge in [-0.2, -0.15) is 0 Å². The quantitative estimate of drug-likeness (QED) is 0.759. The Morgan fingerprint density at radius 3 is 2.62 bits per heavy atom. The number of nitrogens with one attached hydrogen (secondary N) is 1. The molecule has 0 saturated carbocycles. The zero-order valence-corrected chi connectivity index (χ0v) is 10.7. The highest BCUT2D eigenvalue weighted by atomic mass is 16.5. The molecule has 0 aromatic rings. The van der Waals surface area contributed by atoms with Gasteiger partial charge in [-0.3, -0.25) is 4.79 Å². The Balaban J connectivity index is 2.23. The Morgan fingerprint density at radius 1 is 1.44 bits per heavy atom. The Bertz CT molecular complexity index is 223. The Hall–Kier alpha value is -0.610. The second-order valence-corrected chi connectivity index (χ2v) is 5.03. The molecule has 0 bridgehead atoms. The largest absolute Gasteiger partial charge is 0.372 e. The minimum Gasteiger partial charge on any atom is -0.372 e. The molecule has 1 aliphatic heterocycles. The predicted octanol–water partition coefficient (Wildman–Crippen LogP) is 0.871. The lowest BCUT2D eigenvalue weighted by atomic mass is 9.80. The number of piperidine rings is 1. The molecule has 0 radical (unpaired) electrons. The van der Waals surface area contributed by atoms with Crippen LogP contribution in [0.3, 0.4) is 0 Å². The average molecular weight is 228 g/mol. The summed E-state index contributed by atoms with van der Waals surface area (Å²) in [5.41, 5.74) is 0.258. The first kappa shape index (κ1) is 13.5. The molecule has 0 aromatic heterocycles. The van der Waals surface area contributed by atoms with Gasteiger partial charge in [-0.05, 0) is 45.3 Å². The van der Waals surface area contributed by atoms with Crippen molar-refractivity contribution in [3.8, 4) is 0 Å². The SMILES string of the molecule is CCOCC(=O)NCC1(C)CCN(C)CC1. The molecule has 1 rings (SSSR count). The van der Waals surface area contributed by atoms with Crippen LogP contribution in [0.15, 0.2) is 0 Å². The van der Waals surface area contributed by atoms with E-state index in [2.05, 4.69) is 24.2 Å². The molecular formula is C12H24N2O2. The second-order valence-electron chi connectivity index (χ2n) is 5.03. The lowest BCUT2D eigenvalue weighted by molar-refractivity contribution is -0.126. The number of nitrogens with zero attached hydrogens (tertiary/aromatic N) is 1. The van der Waals surface area contributed by atoms with Crippen LogP contribution in [0.1, 0.15) is 26.7 Å². The normalized spacial score (nSPS) is 20.7. The van der Waals surface area contributed by atoms with Gasteiger partial charge in [0, 0.05) is 13.2 Å². The summed E-state index contributed by atoms with van der Waals surface area (Å²) in [7, 11) is 2.15. The van der Waals surface area contributed by atoms with E-state index in [-0.39, 0.29) is 17.9 Å². The van der Waals surface area contributed by atoms with E-state index >= 15 is 0 Å². The van der Waals surface area contributed by atoms with Gasteiger partial charge in [0.15, 0.2) is 0 Å². The smallest absolute Gasteiger partial charge is 0.246 e. The van der Waals surface area contributed by atoms with Crippen LogP contribution >= 0.6 is 0 Å². The van der Waals surface area contributed by atoms with Crippen LogP contribution in [0.4, 0.5) is 0 Å². The van der Waals surface area contributed by atoms with E-state index in [1.165, 1.54) is 0 Å². The van der Waals surface area contributed by atoms with Crippen molar-refractivity contribution in [3.63, 3.8) is 0 Å². The van der Waals surface area contributed by atoms with Crippen LogP contribution in [0.5, 0.6) is 0 Å². The van der Waals surface area contributed by atoms with E-state index < -0.39 is 0 Å². The van der Waals surface area contributed by atoms with Gasteiger partial charge in [0.25, 0.3) is 0 Å². The van der Waals surface area contributed by atoms with Crippen LogP contribution in [-0.2, 0) is 9.53 Å². The van der Waals surface area contributed by atoms with Crippen molar-refractivity contribution in [2.24, 2.45) is 5.41 Å². The van der Waals surface area contributed by atoms with Gasteiger partial charge >= 0.3 is 0 Å². The summed E-state index contributed by atoms with van der Waals surface area (Å²) in [5, 5.41) is 2.96. The summed E-state index contributed by atoms with van der Waals surface area (Å²) in [6, 6.07) is 0. The highest BCUT2D eigenvalue weighted by Crippen LogP contribution is 2.29. The Morgan fingerprint density at radius 2 is 2.06 bits per heavy atom. The minimum absolute atomic E-state index is 0.00185. The van der Waals surface area contributed by atoms with Crippen LogP contribution < -0.4 is 5.32 Å². The number of likely N-dealkylation sites (tertiary alicyclic amines) is 1. The van der Waals surface area contributed by atoms with Crippen LogP contribution in [0, 0.1) is 5.41 Å². The molecule has 1 saturated heterocycles. The molecule has 0 aromatic carbocycles. The van der Waals surface area contributed by atoms with Crippen molar-refractivity contribution in [2.45, 2.75) is 26.7 Å². The third-order valence-electron chi connectivity index (χ3n) is 3.34. The summed E-state index contributed by atoms with van der Waals surface area (Å²) >= 11 is 0. The second kappa shape index (κ2) is 6.21. The number of amides is 1. The molecule has 1 N–H and O–H groups in total. The van der Waals surface area contributed by atoms with Crippen molar-refractivity contribution < 1.29 is 9.53 Å². The molecule has 1 aliphatic rings. The standard InChI is InChI=1S/C12H24N2O2/c1-4-16-9-11(15)13-10-12(2)5-7-14(3)8-6-12/h4-10H2,1-3H3,(H,13,15). The summed E-state index contributed by atoms with van der Waals surface area (Å²) in [6.07, 6.45) is 2.30. The van der Waals surface area contributed by atoms with Gasteiger partial charge in [-0.15, -0.1) is 0 Å². The fourth-order valence-corrected chi connectivity index (χ4v) is 1.89. The maximum atomic E-state index is 11.4. The maximum absolute atomic E-state index is 11.4. The molecule has 1 fully saturated rings. The molecule has 16 heavy (non-hydrogen) atoms. The minimum atomic E-state index is 0.00185. The zero-order valence-electron chi connectivity index (χ0n) is 10.7.